The van der Waals surface area contributed by atoms with Gasteiger partial charge in [-0.1, -0.05) is 18.2 Å². The average Bonchev–Trinajstić information content (AvgIpc) is 3.55. The molecule has 4 aromatic rings. The number of sulfonamides is 1. The number of benzene rings is 1. The zero-order valence-electron chi connectivity index (χ0n) is 25.8. The van der Waals surface area contributed by atoms with Crippen LogP contribution in [0.5, 0.6) is 0 Å². The molecule has 0 bridgehead atoms. The van der Waals surface area contributed by atoms with Gasteiger partial charge in [-0.2, -0.15) is 13.2 Å². The number of thiophene rings is 1. The van der Waals surface area contributed by atoms with Crippen LogP contribution in [0.2, 0.25) is 0 Å². The molecule has 7 rings (SSSR count). The first-order chi connectivity index (χ1) is 22.5. The van der Waals surface area contributed by atoms with E-state index >= 15 is 0 Å². The molecular formula is C32H38F3N5O4S3. The molecule has 1 atom stereocenters. The molecule has 1 aromatic carbocycles. The SMILES string of the molecule is O=C(O)C(F)(F)F.O=S(=O)(c1cccs1)N(CC1CC1)c1cccc2cc(-c3ncc(CN4CCCC(CN5CCCC5)C4)s3)[nH]c12. The minimum absolute atomic E-state index is 0.391. The molecule has 47 heavy (non-hydrogen) atoms. The Morgan fingerprint density at radius 2 is 1.79 bits per heavy atom. The number of anilines is 1. The fourth-order valence-electron chi connectivity index (χ4n) is 6.34. The second-order valence-corrected chi connectivity index (χ2v) is 16.7. The lowest BCUT2D eigenvalue weighted by Gasteiger charge is -2.34. The molecule has 1 unspecified atom stereocenters. The second kappa shape index (κ2) is 14.2. The van der Waals surface area contributed by atoms with Crippen LogP contribution in [0.4, 0.5) is 18.9 Å². The van der Waals surface area contributed by atoms with Gasteiger partial charge in [0.05, 0.1) is 16.9 Å². The van der Waals surface area contributed by atoms with Gasteiger partial charge in [-0.3, -0.25) is 9.21 Å². The highest BCUT2D eigenvalue weighted by Gasteiger charge is 2.38. The number of H-pyrrole nitrogens is 1. The summed E-state index contributed by atoms with van der Waals surface area (Å²) >= 11 is 3.02. The molecule has 0 radical (unpaired) electrons. The third-order valence-electron chi connectivity index (χ3n) is 8.79. The van der Waals surface area contributed by atoms with Crippen molar-refractivity contribution in [3.8, 4) is 10.7 Å². The summed E-state index contributed by atoms with van der Waals surface area (Å²) in [4.78, 5) is 23.8. The van der Waals surface area contributed by atoms with Crippen LogP contribution in [-0.4, -0.2) is 84.7 Å². The molecule has 3 fully saturated rings. The number of aromatic amines is 1. The van der Waals surface area contributed by atoms with Gasteiger partial charge in [0.1, 0.15) is 9.22 Å². The topological polar surface area (TPSA) is 110 Å². The molecule has 2 saturated heterocycles. The lowest BCUT2D eigenvalue weighted by atomic mass is 9.97. The molecule has 1 saturated carbocycles. The fraction of sp³-hybridized carbons (Fsp3) is 0.500. The second-order valence-electron chi connectivity index (χ2n) is 12.5. The van der Waals surface area contributed by atoms with Gasteiger partial charge < -0.3 is 15.0 Å². The zero-order valence-corrected chi connectivity index (χ0v) is 28.2. The van der Waals surface area contributed by atoms with E-state index in [0.29, 0.717) is 16.7 Å². The summed E-state index contributed by atoms with van der Waals surface area (Å²) in [5.41, 5.74) is 2.53. The van der Waals surface area contributed by atoms with E-state index in [1.165, 1.54) is 68.1 Å². The smallest absolute Gasteiger partial charge is 0.475 e. The van der Waals surface area contributed by atoms with Gasteiger partial charge in [0.15, 0.2) is 0 Å². The monoisotopic (exact) mass is 709 g/mol. The first-order valence-corrected chi connectivity index (χ1v) is 19.0. The summed E-state index contributed by atoms with van der Waals surface area (Å²) in [6, 6.07) is 11.6. The number of para-hydroxylation sites is 1. The summed E-state index contributed by atoms with van der Waals surface area (Å²) in [6.45, 7) is 7.61. The first-order valence-electron chi connectivity index (χ1n) is 15.9. The number of carboxylic acid groups (broad SMARTS) is 1. The van der Waals surface area contributed by atoms with Crippen LogP contribution in [0.1, 0.15) is 43.4 Å². The number of aliphatic carboxylic acids is 1. The third-order valence-corrected chi connectivity index (χ3v) is 13.0. The van der Waals surface area contributed by atoms with Gasteiger partial charge in [-0.15, -0.1) is 22.7 Å². The van der Waals surface area contributed by atoms with Crippen LogP contribution in [0.25, 0.3) is 21.6 Å². The normalized spacial score (nSPS) is 19.5. The van der Waals surface area contributed by atoms with Crippen molar-refractivity contribution in [3.63, 3.8) is 0 Å². The highest BCUT2D eigenvalue weighted by Crippen LogP contribution is 2.39. The van der Waals surface area contributed by atoms with Crippen molar-refractivity contribution in [1.82, 2.24) is 19.8 Å². The highest BCUT2D eigenvalue weighted by atomic mass is 32.2. The van der Waals surface area contributed by atoms with E-state index in [0.717, 1.165) is 59.1 Å². The molecular weight excluding hydrogens is 672 g/mol. The van der Waals surface area contributed by atoms with Crippen molar-refractivity contribution < 1.29 is 31.5 Å². The summed E-state index contributed by atoms with van der Waals surface area (Å²) in [5, 5.41) is 10.9. The van der Waals surface area contributed by atoms with Crippen LogP contribution in [0.3, 0.4) is 0 Å². The molecule has 254 valence electrons. The number of fused-ring (bicyclic) bond motifs is 1. The molecule has 1 aliphatic carbocycles. The van der Waals surface area contributed by atoms with E-state index in [1.54, 1.807) is 27.8 Å². The number of rotatable bonds is 10. The predicted octanol–water partition coefficient (Wildman–Crippen LogP) is 6.90. The molecule has 0 amide bonds. The van der Waals surface area contributed by atoms with Crippen LogP contribution in [-0.2, 0) is 21.4 Å². The molecule has 15 heteroatoms. The average molecular weight is 710 g/mol. The maximum absolute atomic E-state index is 13.7. The molecule has 2 aliphatic heterocycles. The van der Waals surface area contributed by atoms with Crippen molar-refractivity contribution >= 4 is 55.3 Å². The summed E-state index contributed by atoms with van der Waals surface area (Å²) in [5.74, 6) is -1.56. The maximum Gasteiger partial charge on any atom is 0.490 e. The highest BCUT2D eigenvalue weighted by molar-refractivity contribution is 7.94. The van der Waals surface area contributed by atoms with Crippen molar-refractivity contribution in [2.75, 3.05) is 43.6 Å². The number of hydrogen-bond acceptors (Lipinski definition) is 8. The molecule has 3 aliphatic rings. The number of hydrogen-bond donors (Lipinski definition) is 2. The quantitative estimate of drug-likeness (QED) is 0.184. The van der Waals surface area contributed by atoms with E-state index < -0.39 is 22.2 Å². The number of alkyl halides is 3. The Balaban J connectivity index is 0.000000499. The van der Waals surface area contributed by atoms with Gasteiger partial charge >= 0.3 is 12.1 Å². The molecule has 2 N–H and O–H groups in total. The number of thiazole rings is 1. The van der Waals surface area contributed by atoms with Gasteiger partial charge in [-0.05, 0) is 93.6 Å². The largest absolute Gasteiger partial charge is 0.490 e. The standard InChI is InChI=1S/C30H37N5O2S3.C2HF3O2/c36-40(37,28-9-5-15-38-28)35(20-22-10-11-22)27-8-3-7-24-16-26(32-29(24)27)30-31-17-25(39-30)21-34-14-4-6-23(19-34)18-33-12-1-2-13-33;3-2(4,5)1(6)7/h3,5,7-9,15-17,22-23,32H,1-2,4,6,10-14,18-21H2;(H,6,7). The van der Waals surface area contributed by atoms with E-state index in [4.69, 9.17) is 14.9 Å². The third kappa shape index (κ3) is 8.37. The number of aromatic nitrogens is 2. The Morgan fingerprint density at radius 3 is 2.47 bits per heavy atom. The number of likely N-dealkylation sites (tertiary alicyclic amines) is 2. The predicted molar refractivity (Wildman–Crippen MR) is 178 cm³/mol. The molecule has 5 heterocycles. The van der Waals surface area contributed by atoms with Crippen molar-refractivity contribution in [3.05, 3.63) is 52.9 Å². The van der Waals surface area contributed by atoms with E-state index in [1.807, 2.05) is 23.7 Å². The van der Waals surface area contributed by atoms with E-state index in [-0.39, 0.29) is 0 Å². The number of carboxylic acids is 1. The summed E-state index contributed by atoms with van der Waals surface area (Å²) in [7, 11) is -3.63. The van der Waals surface area contributed by atoms with Gasteiger partial charge in [0.2, 0.25) is 0 Å². The van der Waals surface area contributed by atoms with Gasteiger partial charge in [-0.25, -0.2) is 18.2 Å². The minimum Gasteiger partial charge on any atom is -0.475 e. The van der Waals surface area contributed by atoms with Crippen LogP contribution >= 0.6 is 22.7 Å². The number of piperidine rings is 1. The fourth-order valence-corrected chi connectivity index (χ4v) is 9.93. The van der Waals surface area contributed by atoms with Crippen molar-refractivity contribution in [1.29, 1.82) is 0 Å². The van der Waals surface area contributed by atoms with Crippen molar-refractivity contribution in [2.24, 2.45) is 11.8 Å². The summed E-state index contributed by atoms with van der Waals surface area (Å²) < 4.78 is 61.1. The van der Waals surface area contributed by atoms with E-state index in [2.05, 4.69) is 26.9 Å². The van der Waals surface area contributed by atoms with Crippen LogP contribution < -0.4 is 4.31 Å². The zero-order chi connectivity index (χ0) is 33.2. The molecule has 9 nitrogen and oxygen atoms in total. The number of nitrogens with zero attached hydrogens (tertiary/aromatic N) is 4. The minimum atomic E-state index is -5.08. The number of carbonyl (C=O) groups is 1. The van der Waals surface area contributed by atoms with Crippen LogP contribution in [0, 0.1) is 11.8 Å². The molecule has 0 spiro atoms. The van der Waals surface area contributed by atoms with E-state index in [9.17, 15) is 21.6 Å². The Hall–Kier alpha value is -2.98. The van der Waals surface area contributed by atoms with Gasteiger partial charge in [0.25, 0.3) is 10.0 Å². The first kappa shape index (κ1) is 33.9. The van der Waals surface area contributed by atoms with Gasteiger partial charge in [0, 0.05) is 42.6 Å². The Bertz CT molecular complexity index is 1760. The lowest BCUT2D eigenvalue weighted by molar-refractivity contribution is -0.192. The number of halogens is 3. The Labute approximate surface area is 280 Å². The number of nitrogens with one attached hydrogen (secondary N) is 1. The molecule has 3 aromatic heterocycles. The Kier molecular flexibility index (Phi) is 10.3. The lowest BCUT2D eigenvalue weighted by Crippen LogP contribution is -2.39. The maximum atomic E-state index is 13.7. The van der Waals surface area contributed by atoms with Crippen molar-refractivity contribution in [2.45, 2.75) is 55.5 Å². The van der Waals surface area contributed by atoms with Crippen LogP contribution in [0.15, 0.2) is 52.2 Å². The summed E-state index contributed by atoms with van der Waals surface area (Å²) in [6.07, 6.45) is 4.45. The Morgan fingerprint density at radius 1 is 1.04 bits per heavy atom.